The molecule has 0 saturated carbocycles. The summed E-state index contributed by atoms with van der Waals surface area (Å²) in [6.45, 7) is 2.09. The largest absolute Gasteiger partial charge is 0.262 e. The molecule has 0 spiro atoms. The Hall–Kier alpha value is -2.02. The number of benzene rings is 1. The number of hydrogen-bond acceptors (Lipinski definition) is 3. The lowest BCUT2D eigenvalue weighted by atomic mass is 10.1. The van der Waals surface area contributed by atoms with E-state index in [-0.39, 0.29) is 0 Å². The molecule has 0 amide bonds. The lowest BCUT2D eigenvalue weighted by Gasteiger charge is -2.05. The van der Waals surface area contributed by atoms with Crippen LogP contribution in [0.2, 0.25) is 0 Å². The predicted molar refractivity (Wildman–Crippen MR) is 91.6 cm³/mol. The first-order valence-corrected chi connectivity index (χ1v) is 7.66. The number of hydrogen-bond donors (Lipinski definition) is 0. The number of aromatic nitrogens is 4. The first-order chi connectivity index (χ1) is 10.2. The Labute approximate surface area is 135 Å². The van der Waals surface area contributed by atoms with Gasteiger partial charge in [0.2, 0.25) is 5.95 Å². The molecule has 0 aliphatic carbocycles. The van der Waals surface area contributed by atoms with Crippen molar-refractivity contribution >= 4 is 44.5 Å². The molecule has 3 aromatic heterocycles. The van der Waals surface area contributed by atoms with Crippen LogP contribution in [0.15, 0.2) is 48.8 Å². The number of nitrogens with zero attached hydrogens (tertiary/aromatic N) is 4. The number of aryl methyl sites for hydroxylation is 1. The van der Waals surface area contributed by atoms with Crippen LogP contribution in [-0.4, -0.2) is 19.5 Å². The number of rotatable bonds is 1. The molecule has 0 unspecified atom stereocenters. The zero-order valence-electron chi connectivity index (χ0n) is 11.3. The van der Waals surface area contributed by atoms with Gasteiger partial charge in [-0.2, -0.15) is 0 Å². The molecule has 0 N–H and O–H groups in total. The van der Waals surface area contributed by atoms with Gasteiger partial charge in [0.25, 0.3) is 0 Å². The highest BCUT2D eigenvalue weighted by atomic mass is 127. The molecular formula is C16H11IN4. The molecule has 0 saturated heterocycles. The molecule has 4 rings (SSSR count). The summed E-state index contributed by atoms with van der Waals surface area (Å²) >= 11 is 2.20. The van der Waals surface area contributed by atoms with E-state index in [1.807, 2.05) is 16.7 Å². The van der Waals surface area contributed by atoms with E-state index in [4.69, 9.17) is 0 Å². The van der Waals surface area contributed by atoms with E-state index >= 15 is 0 Å². The smallest absolute Gasteiger partial charge is 0.236 e. The first kappa shape index (κ1) is 12.7. The molecule has 5 heteroatoms. The van der Waals surface area contributed by atoms with Gasteiger partial charge in [-0.1, -0.05) is 12.1 Å². The highest BCUT2D eigenvalue weighted by Gasteiger charge is 2.14. The minimum atomic E-state index is 0.659. The van der Waals surface area contributed by atoms with Crippen LogP contribution in [0.1, 0.15) is 5.56 Å². The molecule has 0 aliphatic rings. The van der Waals surface area contributed by atoms with Gasteiger partial charge in [-0.3, -0.25) is 4.57 Å². The summed E-state index contributed by atoms with van der Waals surface area (Å²) in [5.74, 6) is 0.659. The van der Waals surface area contributed by atoms with Crippen LogP contribution in [-0.2, 0) is 0 Å². The van der Waals surface area contributed by atoms with Gasteiger partial charge < -0.3 is 0 Å². The van der Waals surface area contributed by atoms with Crippen LogP contribution in [0.3, 0.4) is 0 Å². The van der Waals surface area contributed by atoms with Crippen molar-refractivity contribution in [2.75, 3.05) is 0 Å². The van der Waals surface area contributed by atoms with Crippen LogP contribution in [0.25, 0.3) is 27.9 Å². The summed E-state index contributed by atoms with van der Waals surface area (Å²) in [6.07, 6.45) is 3.58. The molecule has 102 valence electrons. The van der Waals surface area contributed by atoms with E-state index in [9.17, 15) is 0 Å². The number of halogens is 1. The van der Waals surface area contributed by atoms with Crippen LogP contribution in [0.5, 0.6) is 0 Å². The summed E-state index contributed by atoms with van der Waals surface area (Å²) in [6, 6.07) is 12.3. The van der Waals surface area contributed by atoms with Gasteiger partial charge in [-0.15, -0.1) is 0 Å². The van der Waals surface area contributed by atoms with Crippen LogP contribution in [0, 0.1) is 10.6 Å². The fraction of sp³-hybridized carbons (Fsp3) is 0.0625. The van der Waals surface area contributed by atoms with E-state index in [2.05, 4.69) is 68.7 Å². The third-order valence-corrected chi connectivity index (χ3v) is 4.09. The summed E-state index contributed by atoms with van der Waals surface area (Å²) in [5, 5.41) is 2.29. The van der Waals surface area contributed by atoms with Gasteiger partial charge in [0.05, 0.1) is 5.52 Å². The monoisotopic (exact) mass is 386 g/mol. The third-order valence-electron chi connectivity index (χ3n) is 3.49. The van der Waals surface area contributed by atoms with Gasteiger partial charge in [-0.05, 0) is 59.3 Å². The van der Waals surface area contributed by atoms with Gasteiger partial charge in [0.1, 0.15) is 9.35 Å². The van der Waals surface area contributed by atoms with E-state index in [0.29, 0.717) is 5.95 Å². The minimum absolute atomic E-state index is 0.659. The number of pyridine rings is 1. The minimum Gasteiger partial charge on any atom is -0.262 e. The fourth-order valence-corrected chi connectivity index (χ4v) is 2.97. The molecule has 0 radical (unpaired) electrons. The Kier molecular flexibility index (Phi) is 2.88. The molecular weight excluding hydrogens is 375 g/mol. The van der Waals surface area contributed by atoms with Crippen molar-refractivity contribution in [2.24, 2.45) is 0 Å². The molecule has 0 atom stereocenters. The van der Waals surface area contributed by atoms with E-state index in [0.717, 1.165) is 20.3 Å². The van der Waals surface area contributed by atoms with Crippen molar-refractivity contribution in [1.82, 2.24) is 19.5 Å². The molecule has 0 bridgehead atoms. The summed E-state index contributed by atoms with van der Waals surface area (Å²) in [7, 11) is 0. The Morgan fingerprint density at radius 1 is 1.00 bits per heavy atom. The SMILES string of the molecule is Cc1ccc2c3cccnc3n(-c3nccc(I)n3)c2c1. The van der Waals surface area contributed by atoms with E-state index < -0.39 is 0 Å². The molecule has 0 aliphatic heterocycles. The van der Waals surface area contributed by atoms with Crippen LogP contribution >= 0.6 is 22.6 Å². The van der Waals surface area contributed by atoms with Crippen LogP contribution < -0.4 is 0 Å². The van der Waals surface area contributed by atoms with Gasteiger partial charge in [-0.25, -0.2) is 15.0 Å². The summed E-state index contributed by atoms with van der Waals surface area (Å²) < 4.78 is 2.94. The zero-order chi connectivity index (χ0) is 14.4. The molecule has 4 nitrogen and oxygen atoms in total. The second-order valence-corrected chi connectivity index (χ2v) is 6.02. The maximum Gasteiger partial charge on any atom is 0.236 e. The Morgan fingerprint density at radius 3 is 2.76 bits per heavy atom. The Morgan fingerprint density at radius 2 is 1.90 bits per heavy atom. The molecule has 4 aromatic rings. The Balaban J connectivity index is 2.21. The highest BCUT2D eigenvalue weighted by Crippen LogP contribution is 2.30. The van der Waals surface area contributed by atoms with Crippen molar-refractivity contribution in [3.63, 3.8) is 0 Å². The average molecular weight is 386 g/mol. The molecule has 0 fully saturated rings. The zero-order valence-corrected chi connectivity index (χ0v) is 13.4. The van der Waals surface area contributed by atoms with Gasteiger partial charge in [0, 0.05) is 23.2 Å². The highest BCUT2D eigenvalue weighted by molar-refractivity contribution is 14.1. The van der Waals surface area contributed by atoms with Crippen molar-refractivity contribution < 1.29 is 0 Å². The Bertz CT molecular complexity index is 975. The average Bonchev–Trinajstić information content (AvgIpc) is 2.80. The summed E-state index contributed by atoms with van der Waals surface area (Å²) in [4.78, 5) is 13.5. The van der Waals surface area contributed by atoms with Crippen molar-refractivity contribution in [3.8, 4) is 5.95 Å². The van der Waals surface area contributed by atoms with Gasteiger partial charge >= 0.3 is 0 Å². The number of fused-ring (bicyclic) bond motifs is 3. The van der Waals surface area contributed by atoms with Crippen LogP contribution in [0.4, 0.5) is 0 Å². The third kappa shape index (κ3) is 1.99. The predicted octanol–water partition coefficient (Wildman–Crippen LogP) is 3.88. The van der Waals surface area contributed by atoms with Crippen molar-refractivity contribution in [2.45, 2.75) is 6.92 Å². The normalized spacial score (nSPS) is 11.3. The molecule has 21 heavy (non-hydrogen) atoms. The maximum atomic E-state index is 4.54. The summed E-state index contributed by atoms with van der Waals surface area (Å²) in [5.41, 5.74) is 3.18. The quantitative estimate of drug-likeness (QED) is 0.368. The van der Waals surface area contributed by atoms with Gasteiger partial charge in [0.15, 0.2) is 0 Å². The molecule has 1 aromatic carbocycles. The second kappa shape index (κ2) is 4.77. The lowest BCUT2D eigenvalue weighted by molar-refractivity contribution is 0.962. The molecule has 3 heterocycles. The second-order valence-electron chi connectivity index (χ2n) is 4.91. The van der Waals surface area contributed by atoms with E-state index in [1.54, 1.807) is 12.4 Å². The first-order valence-electron chi connectivity index (χ1n) is 6.59. The van der Waals surface area contributed by atoms with Crippen molar-refractivity contribution in [3.05, 3.63) is 58.1 Å². The fourth-order valence-electron chi connectivity index (χ4n) is 2.59. The lowest BCUT2D eigenvalue weighted by Crippen LogP contribution is -2.02. The van der Waals surface area contributed by atoms with E-state index in [1.165, 1.54) is 10.9 Å². The standard InChI is InChI=1S/C16H11IN4/c1-10-4-5-11-12-3-2-7-18-15(12)21(13(11)9-10)16-19-8-6-14(17)20-16/h2-9H,1H3. The van der Waals surface area contributed by atoms with Crippen molar-refractivity contribution in [1.29, 1.82) is 0 Å². The topological polar surface area (TPSA) is 43.6 Å². The maximum absolute atomic E-state index is 4.54.